The molecule has 0 unspecified atom stereocenters. The van der Waals surface area contributed by atoms with Gasteiger partial charge in [-0.2, -0.15) is 0 Å². The summed E-state index contributed by atoms with van der Waals surface area (Å²) in [5.41, 5.74) is 5.48. The molecule has 0 fully saturated rings. The smallest absolute Gasteiger partial charge is 0.153 e. The zero-order valence-electron chi connectivity index (χ0n) is 10.9. The maximum Gasteiger partial charge on any atom is 0.153 e. The number of aromatic nitrogens is 2. The molecule has 0 radical (unpaired) electrons. The highest BCUT2D eigenvalue weighted by atomic mass is 15.3. The van der Waals surface area contributed by atoms with E-state index in [1.807, 2.05) is 27.1 Å². The SMILES string of the molecule is Cc1cc(-c2cnc3c(c2)NCN3C)cc(C)n1. The van der Waals surface area contributed by atoms with E-state index in [0.717, 1.165) is 35.1 Å². The third-order valence-electron chi connectivity index (χ3n) is 3.15. The first kappa shape index (κ1) is 11.0. The summed E-state index contributed by atoms with van der Waals surface area (Å²) < 4.78 is 0. The highest BCUT2D eigenvalue weighted by Gasteiger charge is 2.16. The lowest BCUT2D eigenvalue weighted by molar-refractivity contribution is 1.01. The van der Waals surface area contributed by atoms with Crippen molar-refractivity contribution in [2.45, 2.75) is 13.8 Å². The molecule has 1 N–H and O–H groups in total. The molecule has 0 saturated carbocycles. The van der Waals surface area contributed by atoms with Gasteiger partial charge in [0.1, 0.15) is 0 Å². The highest BCUT2D eigenvalue weighted by Crippen LogP contribution is 2.32. The third-order valence-corrected chi connectivity index (χ3v) is 3.15. The van der Waals surface area contributed by atoms with Crippen LogP contribution in [0.5, 0.6) is 0 Å². The van der Waals surface area contributed by atoms with Crippen molar-refractivity contribution >= 4 is 11.5 Å². The fourth-order valence-electron chi connectivity index (χ4n) is 2.33. The normalized spacial score (nSPS) is 13.4. The summed E-state index contributed by atoms with van der Waals surface area (Å²) in [6.45, 7) is 4.85. The van der Waals surface area contributed by atoms with Gasteiger partial charge in [0.15, 0.2) is 5.82 Å². The number of rotatable bonds is 1. The van der Waals surface area contributed by atoms with E-state index in [9.17, 15) is 0 Å². The summed E-state index contributed by atoms with van der Waals surface area (Å²) >= 11 is 0. The molecule has 0 atom stereocenters. The first-order chi connectivity index (χ1) is 8.63. The third kappa shape index (κ3) is 1.79. The summed E-state index contributed by atoms with van der Waals surface area (Å²) in [4.78, 5) is 11.0. The average Bonchev–Trinajstić information content (AvgIpc) is 2.69. The largest absolute Gasteiger partial charge is 0.365 e. The van der Waals surface area contributed by atoms with E-state index in [0.29, 0.717) is 0 Å². The number of anilines is 2. The van der Waals surface area contributed by atoms with E-state index in [1.54, 1.807) is 0 Å². The molecular formula is C14H16N4. The van der Waals surface area contributed by atoms with Crippen molar-refractivity contribution in [1.29, 1.82) is 0 Å². The molecule has 1 aliphatic rings. The zero-order chi connectivity index (χ0) is 12.7. The fraction of sp³-hybridized carbons (Fsp3) is 0.286. The molecule has 3 heterocycles. The Kier molecular flexibility index (Phi) is 2.44. The molecule has 0 bridgehead atoms. The maximum atomic E-state index is 4.52. The van der Waals surface area contributed by atoms with Crippen LogP contribution >= 0.6 is 0 Å². The monoisotopic (exact) mass is 240 g/mol. The van der Waals surface area contributed by atoms with Gasteiger partial charge in [-0.05, 0) is 37.6 Å². The van der Waals surface area contributed by atoms with Crippen LogP contribution in [-0.4, -0.2) is 23.7 Å². The van der Waals surface area contributed by atoms with Crippen molar-refractivity contribution < 1.29 is 0 Å². The first-order valence-corrected chi connectivity index (χ1v) is 6.04. The Labute approximate surface area is 107 Å². The summed E-state index contributed by atoms with van der Waals surface area (Å²) in [6, 6.07) is 6.34. The molecule has 0 aliphatic carbocycles. The van der Waals surface area contributed by atoms with Crippen LogP contribution in [0, 0.1) is 13.8 Å². The predicted molar refractivity (Wildman–Crippen MR) is 73.8 cm³/mol. The van der Waals surface area contributed by atoms with Gasteiger partial charge in [-0.1, -0.05) is 0 Å². The molecule has 4 nitrogen and oxygen atoms in total. The molecule has 0 spiro atoms. The van der Waals surface area contributed by atoms with Crippen molar-refractivity contribution in [1.82, 2.24) is 9.97 Å². The number of hydrogen-bond acceptors (Lipinski definition) is 4. The second-order valence-electron chi connectivity index (χ2n) is 4.77. The van der Waals surface area contributed by atoms with Gasteiger partial charge in [-0.15, -0.1) is 0 Å². The van der Waals surface area contributed by atoms with Crippen molar-refractivity contribution in [3.63, 3.8) is 0 Å². The number of nitrogens with one attached hydrogen (secondary N) is 1. The van der Waals surface area contributed by atoms with Gasteiger partial charge < -0.3 is 10.2 Å². The zero-order valence-corrected chi connectivity index (χ0v) is 10.9. The lowest BCUT2D eigenvalue weighted by Gasteiger charge is -2.09. The Hall–Kier alpha value is -2.10. The van der Waals surface area contributed by atoms with Gasteiger partial charge >= 0.3 is 0 Å². The summed E-state index contributed by atoms with van der Waals surface area (Å²) in [5.74, 6) is 1.02. The Bertz CT molecular complexity index is 586. The van der Waals surface area contributed by atoms with Crippen LogP contribution in [0.3, 0.4) is 0 Å². The fourth-order valence-corrected chi connectivity index (χ4v) is 2.33. The minimum Gasteiger partial charge on any atom is -0.365 e. The van der Waals surface area contributed by atoms with Crippen molar-refractivity contribution in [2.75, 3.05) is 23.9 Å². The van der Waals surface area contributed by atoms with E-state index in [1.165, 1.54) is 5.56 Å². The van der Waals surface area contributed by atoms with E-state index >= 15 is 0 Å². The topological polar surface area (TPSA) is 41.1 Å². The van der Waals surface area contributed by atoms with Crippen LogP contribution in [0.25, 0.3) is 11.1 Å². The Morgan fingerprint density at radius 1 is 1.11 bits per heavy atom. The number of nitrogens with zero attached hydrogens (tertiary/aromatic N) is 3. The van der Waals surface area contributed by atoms with E-state index in [2.05, 4.69) is 38.4 Å². The Morgan fingerprint density at radius 3 is 2.56 bits per heavy atom. The molecule has 2 aromatic heterocycles. The lowest BCUT2D eigenvalue weighted by Crippen LogP contribution is -2.16. The summed E-state index contributed by atoms with van der Waals surface area (Å²) in [6.07, 6.45) is 1.93. The predicted octanol–water partition coefficient (Wildman–Crippen LogP) is 2.58. The average molecular weight is 240 g/mol. The summed E-state index contributed by atoms with van der Waals surface area (Å²) in [7, 11) is 2.03. The van der Waals surface area contributed by atoms with Crippen LogP contribution in [0.15, 0.2) is 24.4 Å². The van der Waals surface area contributed by atoms with E-state index in [-0.39, 0.29) is 0 Å². The minimum absolute atomic E-state index is 0.820. The van der Waals surface area contributed by atoms with Crippen LogP contribution in [0.2, 0.25) is 0 Å². The molecule has 0 aromatic carbocycles. The van der Waals surface area contributed by atoms with Crippen molar-refractivity contribution in [3.05, 3.63) is 35.8 Å². The minimum atomic E-state index is 0.820. The van der Waals surface area contributed by atoms with Crippen LogP contribution < -0.4 is 10.2 Å². The molecule has 3 rings (SSSR count). The van der Waals surface area contributed by atoms with Gasteiger partial charge in [0, 0.05) is 30.2 Å². The Morgan fingerprint density at radius 2 is 1.83 bits per heavy atom. The lowest BCUT2D eigenvalue weighted by atomic mass is 10.1. The quantitative estimate of drug-likeness (QED) is 0.831. The van der Waals surface area contributed by atoms with Crippen molar-refractivity contribution in [2.24, 2.45) is 0 Å². The second kappa shape index (κ2) is 3.98. The number of pyridine rings is 2. The molecule has 1 aliphatic heterocycles. The van der Waals surface area contributed by atoms with Gasteiger partial charge in [0.25, 0.3) is 0 Å². The Balaban J connectivity index is 2.07. The van der Waals surface area contributed by atoms with Gasteiger partial charge in [-0.3, -0.25) is 4.98 Å². The van der Waals surface area contributed by atoms with Crippen LogP contribution in [-0.2, 0) is 0 Å². The first-order valence-electron chi connectivity index (χ1n) is 6.04. The van der Waals surface area contributed by atoms with E-state index in [4.69, 9.17) is 0 Å². The number of aryl methyl sites for hydroxylation is 2. The second-order valence-corrected chi connectivity index (χ2v) is 4.77. The standard InChI is InChI=1S/C14H16N4/c1-9-4-11(5-10(2)17-9)12-6-13-14(15-7-12)18(3)8-16-13/h4-7,16H,8H2,1-3H3. The number of hydrogen-bond donors (Lipinski definition) is 1. The maximum absolute atomic E-state index is 4.52. The van der Waals surface area contributed by atoms with Gasteiger partial charge in [-0.25, -0.2) is 4.98 Å². The molecule has 92 valence electrons. The van der Waals surface area contributed by atoms with Gasteiger partial charge in [0.05, 0.1) is 12.4 Å². The molecule has 2 aromatic rings. The van der Waals surface area contributed by atoms with Crippen LogP contribution in [0.1, 0.15) is 11.4 Å². The molecular weight excluding hydrogens is 224 g/mol. The molecule has 0 amide bonds. The highest BCUT2D eigenvalue weighted by molar-refractivity contribution is 5.77. The number of fused-ring (bicyclic) bond motifs is 1. The molecule has 18 heavy (non-hydrogen) atoms. The van der Waals surface area contributed by atoms with Crippen molar-refractivity contribution in [3.8, 4) is 11.1 Å². The molecule has 0 saturated heterocycles. The summed E-state index contributed by atoms with van der Waals surface area (Å²) in [5, 5.41) is 3.34. The molecule has 4 heteroatoms. The van der Waals surface area contributed by atoms with Gasteiger partial charge in [0.2, 0.25) is 0 Å². The van der Waals surface area contributed by atoms with E-state index < -0.39 is 0 Å². The van der Waals surface area contributed by atoms with Crippen LogP contribution in [0.4, 0.5) is 11.5 Å².